The average Bonchev–Trinajstić information content (AvgIpc) is 2.14. The first-order valence-electron chi connectivity index (χ1n) is 3.88. The Hall–Kier alpha value is 0.180. The zero-order valence-corrected chi connectivity index (χ0v) is 10.1. The van der Waals surface area contributed by atoms with Crippen LogP contribution in [0.2, 0.25) is 0 Å². The summed E-state index contributed by atoms with van der Waals surface area (Å²) in [5.74, 6) is 0.746. The summed E-state index contributed by atoms with van der Waals surface area (Å²) in [6.07, 6.45) is -0.656. The van der Waals surface area contributed by atoms with Crippen molar-refractivity contribution in [3.05, 3.63) is 30.3 Å². The van der Waals surface area contributed by atoms with Crippen molar-refractivity contribution in [2.45, 2.75) is 9.90 Å². The average molecular weight is 274 g/mol. The van der Waals surface area contributed by atoms with Crippen molar-refractivity contribution in [2.24, 2.45) is 0 Å². The van der Waals surface area contributed by atoms with Gasteiger partial charge in [0.1, 0.15) is 5.75 Å². The van der Waals surface area contributed by atoms with Gasteiger partial charge in [0.25, 0.3) is 0 Å². The Morgan fingerprint density at radius 2 is 1.71 bits per heavy atom. The molecule has 14 heavy (non-hydrogen) atoms. The van der Waals surface area contributed by atoms with E-state index in [4.69, 9.17) is 51.1 Å². The summed E-state index contributed by atoms with van der Waals surface area (Å²) in [5.41, 5.74) is 0. The predicted octanol–water partition coefficient (Wildman–Crippen LogP) is 4.04. The van der Waals surface area contributed by atoms with Crippen molar-refractivity contribution in [1.82, 2.24) is 0 Å². The topological polar surface area (TPSA) is 9.23 Å². The van der Waals surface area contributed by atoms with Crippen molar-refractivity contribution >= 4 is 46.4 Å². The molecule has 0 N–H and O–H groups in total. The molecule has 0 aliphatic carbocycles. The summed E-state index contributed by atoms with van der Waals surface area (Å²) in [6, 6.07) is 9.09. The Morgan fingerprint density at radius 3 is 2.14 bits per heavy atom. The maximum absolute atomic E-state index is 5.67. The van der Waals surface area contributed by atoms with E-state index in [1.54, 1.807) is 12.1 Å². The zero-order valence-electron chi connectivity index (χ0n) is 7.09. The summed E-state index contributed by atoms with van der Waals surface area (Å²) >= 11 is 22.6. The molecule has 1 aromatic carbocycles. The fourth-order valence-corrected chi connectivity index (χ4v) is 1.75. The van der Waals surface area contributed by atoms with E-state index in [1.807, 2.05) is 18.2 Å². The van der Waals surface area contributed by atoms with Gasteiger partial charge in [-0.1, -0.05) is 53.0 Å². The lowest BCUT2D eigenvalue weighted by Gasteiger charge is -2.23. The zero-order chi connectivity index (χ0) is 10.6. The van der Waals surface area contributed by atoms with E-state index in [9.17, 15) is 0 Å². The van der Waals surface area contributed by atoms with Gasteiger partial charge < -0.3 is 4.74 Å². The number of ether oxygens (including phenoxy) is 1. The third kappa shape index (κ3) is 3.74. The Bertz CT molecular complexity index is 270. The molecule has 0 fully saturated rings. The summed E-state index contributed by atoms with van der Waals surface area (Å²) < 4.78 is 3.88. The van der Waals surface area contributed by atoms with Crippen molar-refractivity contribution in [1.29, 1.82) is 0 Å². The Morgan fingerprint density at radius 1 is 1.14 bits per heavy atom. The van der Waals surface area contributed by atoms with Crippen LogP contribution in [0.5, 0.6) is 5.75 Å². The molecule has 0 saturated carbocycles. The maximum atomic E-state index is 5.67. The van der Waals surface area contributed by atoms with Crippen LogP contribution in [-0.2, 0) is 0 Å². The summed E-state index contributed by atoms with van der Waals surface area (Å²) in [6.45, 7) is 0. The molecular formula is C9H8Cl4O. The minimum atomic E-state index is -1.52. The van der Waals surface area contributed by atoms with E-state index in [0.717, 1.165) is 0 Å². The number of para-hydroxylation sites is 1. The number of benzene rings is 1. The molecule has 1 nitrogen and oxygen atoms in total. The van der Waals surface area contributed by atoms with E-state index in [1.165, 1.54) is 0 Å². The second-order valence-electron chi connectivity index (χ2n) is 2.62. The van der Waals surface area contributed by atoms with Crippen LogP contribution in [0.4, 0.5) is 0 Å². The second kappa shape index (κ2) is 5.32. The van der Waals surface area contributed by atoms with Gasteiger partial charge in [-0.25, -0.2) is 0 Å². The highest BCUT2D eigenvalue weighted by Gasteiger charge is 2.33. The van der Waals surface area contributed by atoms with Crippen LogP contribution < -0.4 is 4.74 Å². The lowest BCUT2D eigenvalue weighted by Crippen LogP contribution is -2.33. The van der Waals surface area contributed by atoms with Gasteiger partial charge in [0.2, 0.25) is 3.79 Å². The highest BCUT2D eigenvalue weighted by Crippen LogP contribution is 2.33. The van der Waals surface area contributed by atoms with Gasteiger partial charge in [0.15, 0.2) is 6.10 Å². The Labute approximate surface area is 103 Å². The lowest BCUT2D eigenvalue weighted by molar-refractivity contribution is 0.229. The minimum Gasteiger partial charge on any atom is -0.485 e. The number of alkyl halides is 4. The van der Waals surface area contributed by atoms with Crippen molar-refractivity contribution in [3.63, 3.8) is 0 Å². The number of halogens is 4. The molecular weight excluding hydrogens is 266 g/mol. The molecule has 1 unspecified atom stereocenters. The smallest absolute Gasteiger partial charge is 0.227 e. The molecule has 0 saturated heterocycles. The molecule has 1 aromatic rings. The molecule has 0 aliphatic rings. The lowest BCUT2D eigenvalue weighted by atomic mass is 10.3. The summed E-state index contributed by atoms with van der Waals surface area (Å²) in [7, 11) is 0. The standard InChI is InChI=1S/C9H8Cl4O/c10-6-8(9(11,12)13)14-7-4-2-1-3-5-7/h1-5,8H,6H2. The Balaban J connectivity index is 2.67. The first-order chi connectivity index (χ1) is 6.54. The highest BCUT2D eigenvalue weighted by atomic mass is 35.6. The third-order valence-electron chi connectivity index (χ3n) is 1.53. The third-order valence-corrected chi connectivity index (χ3v) is 2.54. The predicted molar refractivity (Wildman–Crippen MR) is 61.9 cm³/mol. The van der Waals surface area contributed by atoms with Gasteiger partial charge in [0, 0.05) is 0 Å². The van der Waals surface area contributed by atoms with Crippen LogP contribution in [0.15, 0.2) is 30.3 Å². The number of hydrogen-bond acceptors (Lipinski definition) is 1. The second-order valence-corrected chi connectivity index (χ2v) is 5.29. The van der Waals surface area contributed by atoms with Gasteiger partial charge in [-0.15, -0.1) is 11.6 Å². The van der Waals surface area contributed by atoms with Gasteiger partial charge in [0.05, 0.1) is 5.88 Å². The molecule has 1 rings (SSSR count). The molecule has 0 spiro atoms. The quantitative estimate of drug-likeness (QED) is 0.756. The fourth-order valence-electron chi connectivity index (χ4n) is 0.849. The van der Waals surface area contributed by atoms with Crippen molar-refractivity contribution in [2.75, 3.05) is 5.88 Å². The molecule has 0 heterocycles. The molecule has 1 atom stereocenters. The van der Waals surface area contributed by atoms with Crippen LogP contribution in [0.1, 0.15) is 0 Å². The van der Waals surface area contributed by atoms with Crippen LogP contribution in [0.3, 0.4) is 0 Å². The molecule has 78 valence electrons. The van der Waals surface area contributed by atoms with Crippen molar-refractivity contribution in [3.8, 4) is 5.75 Å². The molecule has 0 bridgehead atoms. The van der Waals surface area contributed by atoms with Crippen LogP contribution in [0, 0.1) is 0 Å². The Kier molecular flexibility index (Phi) is 4.65. The highest BCUT2D eigenvalue weighted by molar-refractivity contribution is 6.68. The minimum absolute atomic E-state index is 0.116. The number of hydrogen-bond donors (Lipinski definition) is 0. The van der Waals surface area contributed by atoms with E-state index in [2.05, 4.69) is 0 Å². The molecule has 5 heteroatoms. The van der Waals surface area contributed by atoms with Crippen LogP contribution >= 0.6 is 46.4 Å². The van der Waals surface area contributed by atoms with Gasteiger partial charge in [-0.05, 0) is 12.1 Å². The van der Waals surface area contributed by atoms with Crippen LogP contribution in [-0.4, -0.2) is 15.8 Å². The van der Waals surface area contributed by atoms with Gasteiger partial charge in [-0.2, -0.15) is 0 Å². The first kappa shape index (κ1) is 12.3. The SMILES string of the molecule is ClCC(Oc1ccccc1)C(Cl)(Cl)Cl. The van der Waals surface area contributed by atoms with E-state index >= 15 is 0 Å². The molecule has 0 aromatic heterocycles. The van der Waals surface area contributed by atoms with E-state index in [0.29, 0.717) is 5.75 Å². The maximum Gasteiger partial charge on any atom is 0.227 e. The largest absolute Gasteiger partial charge is 0.485 e. The monoisotopic (exact) mass is 272 g/mol. The summed E-state index contributed by atoms with van der Waals surface area (Å²) in [5, 5.41) is 0. The molecule has 0 aliphatic heterocycles. The van der Waals surface area contributed by atoms with E-state index in [-0.39, 0.29) is 5.88 Å². The van der Waals surface area contributed by atoms with Crippen LogP contribution in [0.25, 0.3) is 0 Å². The molecule has 0 radical (unpaired) electrons. The fraction of sp³-hybridized carbons (Fsp3) is 0.333. The van der Waals surface area contributed by atoms with Crippen molar-refractivity contribution < 1.29 is 4.74 Å². The van der Waals surface area contributed by atoms with Gasteiger partial charge >= 0.3 is 0 Å². The van der Waals surface area contributed by atoms with Gasteiger partial charge in [-0.3, -0.25) is 0 Å². The first-order valence-corrected chi connectivity index (χ1v) is 5.55. The van der Waals surface area contributed by atoms with E-state index < -0.39 is 9.90 Å². The summed E-state index contributed by atoms with van der Waals surface area (Å²) in [4.78, 5) is 0. The normalized spacial score (nSPS) is 13.7. The number of rotatable bonds is 3. The molecule has 0 amide bonds.